The maximum Gasteiger partial charge on any atom is 0.330 e. The Labute approximate surface area is 88.7 Å². The van der Waals surface area contributed by atoms with Gasteiger partial charge in [0.15, 0.2) is 0 Å². The van der Waals surface area contributed by atoms with Crippen molar-refractivity contribution in [2.24, 2.45) is 0 Å². The second-order valence-electron chi connectivity index (χ2n) is 2.36. The number of ketones is 1. The Kier molecular flexibility index (Phi) is 15.1. The quantitative estimate of drug-likeness (QED) is 0.423. The number of Topliss-reactive ketones (excluding diaryl/α,β-unsaturated/α-hetero) is 1. The van der Waals surface area contributed by atoms with Crippen LogP contribution in [0.5, 0.6) is 0 Å². The van der Waals surface area contributed by atoms with Crippen molar-refractivity contribution in [3.63, 3.8) is 0 Å². The number of carbonyl (C=O) groups is 3. The fourth-order valence-electron chi connectivity index (χ4n) is 0.213. The Balaban J connectivity index is -0.000000166. The fraction of sp³-hybridized carbons (Fsp3) is 0.300. The molecule has 5 heteroatoms. The number of rotatable bonds is 3. The van der Waals surface area contributed by atoms with Crippen LogP contribution in [0.3, 0.4) is 0 Å². The van der Waals surface area contributed by atoms with Gasteiger partial charge in [0.2, 0.25) is 0 Å². The predicted molar refractivity (Wildman–Crippen MR) is 56.6 cm³/mol. The lowest BCUT2D eigenvalue weighted by atomic mass is 10.3. The lowest BCUT2D eigenvalue weighted by Crippen LogP contribution is -2.00. The molecule has 0 aliphatic rings. The van der Waals surface area contributed by atoms with E-state index in [2.05, 4.69) is 19.7 Å². The minimum Gasteiger partial charge on any atom is -0.481 e. The first-order valence-corrected chi connectivity index (χ1v) is 3.87. The molecule has 0 heterocycles. The highest BCUT2D eigenvalue weighted by Crippen LogP contribution is 1.81. The van der Waals surface area contributed by atoms with Gasteiger partial charge in [-0.3, -0.25) is 9.59 Å². The average Bonchev–Trinajstić information content (AvgIpc) is 2.06. The molecule has 0 aromatic heterocycles. The lowest BCUT2D eigenvalue weighted by molar-refractivity contribution is -0.139. The van der Waals surface area contributed by atoms with Gasteiger partial charge in [0.1, 0.15) is 12.2 Å². The van der Waals surface area contributed by atoms with Crippen molar-refractivity contribution in [1.82, 2.24) is 0 Å². The molecule has 0 unspecified atom stereocenters. The fourth-order valence-corrected chi connectivity index (χ4v) is 0.213. The first-order valence-electron chi connectivity index (χ1n) is 3.87. The molecule has 0 atom stereocenters. The van der Waals surface area contributed by atoms with Crippen LogP contribution in [0.2, 0.25) is 0 Å². The number of aliphatic carboxylic acids is 2. The molecule has 15 heavy (non-hydrogen) atoms. The van der Waals surface area contributed by atoms with E-state index in [0.717, 1.165) is 0 Å². The molecule has 0 aromatic rings. The van der Waals surface area contributed by atoms with Gasteiger partial charge in [0.25, 0.3) is 0 Å². The van der Waals surface area contributed by atoms with Gasteiger partial charge in [-0.25, -0.2) is 4.79 Å². The van der Waals surface area contributed by atoms with E-state index in [0.29, 0.717) is 0 Å². The van der Waals surface area contributed by atoms with E-state index >= 15 is 0 Å². The first-order chi connectivity index (χ1) is 6.77. The number of carboxylic acids is 2. The van der Waals surface area contributed by atoms with E-state index in [-0.39, 0.29) is 17.8 Å². The smallest absolute Gasteiger partial charge is 0.330 e. The molecule has 0 rings (SSSR count). The summed E-state index contributed by atoms with van der Waals surface area (Å²) in [6.07, 6.45) is -0.361. The van der Waals surface area contributed by atoms with Crippen molar-refractivity contribution in [2.45, 2.75) is 20.3 Å². The summed E-state index contributed by atoms with van der Waals surface area (Å²) in [6, 6.07) is 0. The highest BCUT2D eigenvalue weighted by Gasteiger charge is 1.98. The molecule has 86 valence electrons. The molecule has 0 spiro atoms. The number of carboxylic acid groups (broad SMARTS) is 2. The maximum atomic E-state index is 9.87. The lowest BCUT2D eigenvalue weighted by Gasteiger charge is -1.80. The van der Waals surface area contributed by atoms with Crippen molar-refractivity contribution in [2.75, 3.05) is 0 Å². The monoisotopic (exact) mass is 216 g/mol. The van der Waals surface area contributed by atoms with E-state index in [1.165, 1.54) is 13.8 Å². The minimum atomic E-state index is -1.06. The molecule has 0 saturated carbocycles. The highest BCUT2D eigenvalue weighted by atomic mass is 16.4. The third-order valence-corrected chi connectivity index (χ3v) is 0.765. The molecule has 0 saturated heterocycles. The van der Waals surface area contributed by atoms with Gasteiger partial charge >= 0.3 is 11.9 Å². The van der Waals surface area contributed by atoms with Crippen LogP contribution in [0.15, 0.2) is 25.3 Å². The summed E-state index contributed by atoms with van der Waals surface area (Å²) in [5.41, 5.74) is 0.176. The summed E-state index contributed by atoms with van der Waals surface area (Å²) in [5, 5.41) is 15.8. The van der Waals surface area contributed by atoms with E-state index in [1.807, 2.05) is 0 Å². The van der Waals surface area contributed by atoms with Crippen molar-refractivity contribution in [1.29, 1.82) is 0 Å². The Morgan fingerprint density at radius 3 is 1.33 bits per heavy atom. The second kappa shape index (κ2) is 12.1. The van der Waals surface area contributed by atoms with E-state index in [9.17, 15) is 14.4 Å². The summed E-state index contributed by atoms with van der Waals surface area (Å²) in [6.45, 7) is 11.8. The standard InChI is InChI=1S/C4H6O3.C4H6O2.C2H4/c1-3(5)2-4(6)7;1-3(2)4(5)6;1-2/h2H2,1H3,(H,6,7);1H2,2H3,(H,5,6);1-2H2. The third kappa shape index (κ3) is 33.2. The molecule has 0 bridgehead atoms. The molecule has 0 aliphatic carbocycles. The van der Waals surface area contributed by atoms with Gasteiger partial charge < -0.3 is 10.2 Å². The normalized spacial score (nSPS) is 7.07. The number of carbonyl (C=O) groups excluding carboxylic acids is 1. The van der Waals surface area contributed by atoms with E-state index in [4.69, 9.17) is 10.2 Å². The molecule has 0 aromatic carbocycles. The zero-order valence-electron chi connectivity index (χ0n) is 8.95. The zero-order valence-corrected chi connectivity index (χ0v) is 8.95. The molecule has 0 radical (unpaired) electrons. The maximum absolute atomic E-state index is 9.87. The summed E-state index contributed by atoms with van der Waals surface area (Å²) in [4.78, 5) is 29.1. The molecule has 0 aliphatic heterocycles. The SMILES string of the molecule is C=C.C=C(C)C(=O)O.CC(=O)CC(=O)O. The minimum absolute atomic E-state index is 0.176. The predicted octanol–water partition coefficient (Wildman–Crippen LogP) is 1.50. The van der Waals surface area contributed by atoms with Crippen LogP contribution in [-0.2, 0) is 14.4 Å². The van der Waals surface area contributed by atoms with Crippen LogP contribution in [0, 0.1) is 0 Å². The topological polar surface area (TPSA) is 91.7 Å². The summed E-state index contributed by atoms with van der Waals surface area (Å²) < 4.78 is 0. The second-order valence-corrected chi connectivity index (χ2v) is 2.36. The summed E-state index contributed by atoms with van der Waals surface area (Å²) in [5.74, 6) is -2.31. The zero-order chi connectivity index (χ0) is 13.0. The Bertz CT molecular complexity index is 218. The van der Waals surface area contributed by atoms with Crippen LogP contribution in [0.4, 0.5) is 0 Å². The molecular formula is C10H16O5. The summed E-state index contributed by atoms with van der Waals surface area (Å²) in [7, 11) is 0. The Morgan fingerprint density at radius 1 is 1.07 bits per heavy atom. The largest absolute Gasteiger partial charge is 0.481 e. The van der Waals surface area contributed by atoms with Crippen molar-refractivity contribution >= 4 is 17.7 Å². The van der Waals surface area contributed by atoms with Crippen LogP contribution in [0.25, 0.3) is 0 Å². The van der Waals surface area contributed by atoms with Gasteiger partial charge in [-0.05, 0) is 13.8 Å². The van der Waals surface area contributed by atoms with Crippen molar-refractivity contribution < 1.29 is 24.6 Å². The van der Waals surface area contributed by atoms with Crippen molar-refractivity contribution in [3.05, 3.63) is 25.3 Å². The average molecular weight is 216 g/mol. The van der Waals surface area contributed by atoms with E-state index in [1.54, 1.807) is 0 Å². The van der Waals surface area contributed by atoms with Crippen LogP contribution >= 0.6 is 0 Å². The van der Waals surface area contributed by atoms with Gasteiger partial charge in [0, 0.05) is 5.57 Å². The molecule has 0 fully saturated rings. The van der Waals surface area contributed by atoms with E-state index < -0.39 is 11.9 Å². The molecule has 5 nitrogen and oxygen atoms in total. The molecule has 0 amide bonds. The number of hydrogen-bond donors (Lipinski definition) is 2. The number of hydrogen-bond acceptors (Lipinski definition) is 3. The van der Waals surface area contributed by atoms with Crippen molar-refractivity contribution in [3.8, 4) is 0 Å². The van der Waals surface area contributed by atoms with Gasteiger partial charge in [-0.1, -0.05) is 6.58 Å². The van der Waals surface area contributed by atoms with Gasteiger partial charge in [-0.2, -0.15) is 0 Å². The molecular weight excluding hydrogens is 200 g/mol. The van der Waals surface area contributed by atoms with Crippen LogP contribution in [-0.4, -0.2) is 27.9 Å². The van der Waals surface area contributed by atoms with Gasteiger partial charge in [0.05, 0.1) is 0 Å². The first kappa shape index (κ1) is 18.8. The third-order valence-electron chi connectivity index (χ3n) is 0.765. The summed E-state index contributed by atoms with van der Waals surface area (Å²) >= 11 is 0. The Hall–Kier alpha value is -1.91. The van der Waals surface area contributed by atoms with Crippen LogP contribution < -0.4 is 0 Å². The highest BCUT2D eigenvalue weighted by molar-refractivity contribution is 5.93. The van der Waals surface area contributed by atoms with Gasteiger partial charge in [-0.15, -0.1) is 13.2 Å². The Morgan fingerprint density at radius 2 is 1.33 bits per heavy atom. The van der Waals surface area contributed by atoms with Crippen LogP contribution in [0.1, 0.15) is 20.3 Å². The molecule has 2 N–H and O–H groups in total.